The third kappa shape index (κ3) is 2.16. The first-order valence-corrected chi connectivity index (χ1v) is 6.00. The molecule has 0 spiro atoms. The molecule has 0 bridgehead atoms. The monoisotopic (exact) mass is 256 g/mol. The van der Waals surface area contributed by atoms with E-state index >= 15 is 0 Å². The SMILES string of the molecule is Cc1ncsc1C(=O)N1C[C@@H](O)C[C@H]1C(=O)O. The minimum Gasteiger partial charge on any atom is -0.480 e. The number of thiazole rings is 1. The van der Waals surface area contributed by atoms with Crippen LogP contribution in [0.4, 0.5) is 0 Å². The van der Waals surface area contributed by atoms with E-state index in [1.165, 1.54) is 16.2 Å². The number of aliphatic carboxylic acids is 1. The van der Waals surface area contributed by atoms with Crippen LogP contribution in [0.2, 0.25) is 0 Å². The highest BCUT2D eigenvalue weighted by Crippen LogP contribution is 2.23. The summed E-state index contributed by atoms with van der Waals surface area (Å²) in [4.78, 5) is 28.7. The molecule has 0 unspecified atom stereocenters. The van der Waals surface area contributed by atoms with Crippen LogP contribution in [-0.4, -0.2) is 50.7 Å². The van der Waals surface area contributed by atoms with Crippen molar-refractivity contribution < 1.29 is 19.8 Å². The Hall–Kier alpha value is -1.47. The number of aliphatic hydroxyl groups is 1. The number of carbonyl (C=O) groups is 2. The number of carboxylic acid groups (broad SMARTS) is 1. The fraction of sp³-hybridized carbons (Fsp3) is 0.500. The number of amides is 1. The fourth-order valence-corrected chi connectivity index (χ4v) is 2.67. The van der Waals surface area contributed by atoms with Crippen LogP contribution in [0.3, 0.4) is 0 Å². The second kappa shape index (κ2) is 4.42. The summed E-state index contributed by atoms with van der Waals surface area (Å²) in [5.74, 6) is -1.45. The van der Waals surface area contributed by atoms with Gasteiger partial charge in [-0.05, 0) is 6.92 Å². The summed E-state index contributed by atoms with van der Waals surface area (Å²) in [7, 11) is 0. The number of aromatic nitrogens is 1. The van der Waals surface area contributed by atoms with Crippen LogP contribution in [0.15, 0.2) is 5.51 Å². The lowest BCUT2D eigenvalue weighted by Gasteiger charge is -2.20. The van der Waals surface area contributed by atoms with E-state index in [9.17, 15) is 14.7 Å². The number of carbonyl (C=O) groups excluding carboxylic acids is 1. The number of carboxylic acids is 1. The lowest BCUT2D eigenvalue weighted by atomic mass is 10.2. The third-order valence-electron chi connectivity index (χ3n) is 2.76. The lowest BCUT2D eigenvalue weighted by Crippen LogP contribution is -2.40. The Kier molecular flexibility index (Phi) is 3.12. The van der Waals surface area contributed by atoms with Crippen LogP contribution in [0.25, 0.3) is 0 Å². The first-order chi connectivity index (χ1) is 8.00. The van der Waals surface area contributed by atoms with E-state index in [2.05, 4.69) is 4.98 Å². The summed E-state index contributed by atoms with van der Waals surface area (Å²) < 4.78 is 0. The predicted molar refractivity (Wildman–Crippen MR) is 59.9 cm³/mol. The van der Waals surface area contributed by atoms with E-state index in [-0.39, 0.29) is 18.9 Å². The van der Waals surface area contributed by atoms with Gasteiger partial charge in [-0.25, -0.2) is 9.78 Å². The van der Waals surface area contributed by atoms with Gasteiger partial charge in [-0.1, -0.05) is 0 Å². The maximum atomic E-state index is 12.1. The Morgan fingerprint density at radius 2 is 2.29 bits per heavy atom. The fourth-order valence-electron chi connectivity index (χ4n) is 1.91. The van der Waals surface area contributed by atoms with E-state index in [1.54, 1.807) is 12.4 Å². The number of hydrogen-bond donors (Lipinski definition) is 2. The van der Waals surface area contributed by atoms with E-state index in [1.807, 2.05) is 0 Å². The largest absolute Gasteiger partial charge is 0.480 e. The van der Waals surface area contributed by atoms with Gasteiger partial charge in [-0.3, -0.25) is 4.79 Å². The van der Waals surface area contributed by atoms with Crippen LogP contribution < -0.4 is 0 Å². The van der Waals surface area contributed by atoms with Crippen molar-refractivity contribution in [3.8, 4) is 0 Å². The molecular formula is C10H12N2O4S. The van der Waals surface area contributed by atoms with Gasteiger partial charge < -0.3 is 15.1 Å². The first-order valence-electron chi connectivity index (χ1n) is 5.12. The number of aliphatic hydroxyl groups excluding tert-OH is 1. The topological polar surface area (TPSA) is 90.7 Å². The van der Waals surface area contributed by atoms with Crippen molar-refractivity contribution in [2.45, 2.75) is 25.5 Å². The molecule has 1 amide bonds. The zero-order chi connectivity index (χ0) is 12.6. The van der Waals surface area contributed by atoms with Crippen molar-refractivity contribution in [2.75, 3.05) is 6.54 Å². The molecule has 2 atom stereocenters. The highest BCUT2D eigenvalue weighted by Gasteiger charge is 2.39. The van der Waals surface area contributed by atoms with Crippen LogP contribution >= 0.6 is 11.3 Å². The molecule has 7 heteroatoms. The molecule has 1 aliphatic heterocycles. The Bertz CT molecular complexity index is 459. The second-order valence-electron chi connectivity index (χ2n) is 3.97. The van der Waals surface area contributed by atoms with Gasteiger partial charge >= 0.3 is 5.97 Å². The van der Waals surface area contributed by atoms with Gasteiger partial charge in [-0.15, -0.1) is 11.3 Å². The molecule has 6 nitrogen and oxygen atoms in total. The maximum Gasteiger partial charge on any atom is 0.326 e. The van der Waals surface area contributed by atoms with Crippen LogP contribution in [0, 0.1) is 6.92 Å². The zero-order valence-electron chi connectivity index (χ0n) is 9.16. The van der Waals surface area contributed by atoms with Gasteiger partial charge in [0.05, 0.1) is 17.3 Å². The summed E-state index contributed by atoms with van der Waals surface area (Å²) in [5, 5.41) is 18.5. The summed E-state index contributed by atoms with van der Waals surface area (Å²) in [5.41, 5.74) is 2.13. The molecule has 1 saturated heterocycles. The molecule has 1 aromatic heterocycles. The molecule has 1 fully saturated rings. The van der Waals surface area contributed by atoms with E-state index < -0.39 is 18.1 Å². The molecule has 1 aromatic rings. The molecule has 0 radical (unpaired) electrons. The number of rotatable bonds is 2. The second-order valence-corrected chi connectivity index (χ2v) is 4.82. The minimum absolute atomic E-state index is 0.0626. The summed E-state index contributed by atoms with van der Waals surface area (Å²) in [6, 6.07) is -0.945. The van der Waals surface area contributed by atoms with Crippen molar-refractivity contribution in [1.82, 2.24) is 9.88 Å². The van der Waals surface area contributed by atoms with Crippen molar-refractivity contribution in [1.29, 1.82) is 0 Å². The molecular weight excluding hydrogens is 244 g/mol. The van der Waals surface area contributed by atoms with Gasteiger partial charge in [0.2, 0.25) is 0 Å². The van der Waals surface area contributed by atoms with Crippen molar-refractivity contribution in [3.63, 3.8) is 0 Å². The summed E-state index contributed by atoms with van der Waals surface area (Å²) in [6.45, 7) is 1.76. The first kappa shape index (κ1) is 12.0. The molecule has 17 heavy (non-hydrogen) atoms. The molecule has 0 aromatic carbocycles. The zero-order valence-corrected chi connectivity index (χ0v) is 9.98. The Balaban J connectivity index is 2.25. The van der Waals surface area contributed by atoms with Crippen LogP contribution in [0.5, 0.6) is 0 Å². The number of hydrogen-bond acceptors (Lipinski definition) is 5. The molecule has 0 saturated carbocycles. The molecule has 2 heterocycles. The van der Waals surface area contributed by atoms with Gasteiger partial charge in [0.25, 0.3) is 5.91 Å². The number of likely N-dealkylation sites (tertiary alicyclic amines) is 1. The number of nitrogens with zero attached hydrogens (tertiary/aromatic N) is 2. The van der Waals surface area contributed by atoms with Gasteiger partial charge in [-0.2, -0.15) is 0 Å². The molecule has 2 N–H and O–H groups in total. The Morgan fingerprint density at radius 1 is 1.59 bits per heavy atom. The smallest absolute Gasteiger partial charge is 0.326 e. The normalized spacial score (nSPS) is 24.0. The quantitative estimate of drug-likeness (QED) is 0.783. The van der Waals surface area contributed by atoms with Crippen LogP contribution in [-0.2, 0) is 4.79 Å². The maximum absolute atomic E-state index is 12.1. The Labute approximate surface area is 102 Å². The van der Waals surface area contributed by atoms with Crippen molar-refractivity contribution in [2.24, 2.45) is 0 Å². The van der Waals surface area contributed by atoms with Crippen molar-refractivity contribution in [3.05, 3.63) is 16.1 Å². The van der Waals surface area contributed by atoms with E-state index in [0.29, 0.717) is 10.6 Å². The lowest BCUT2D eigenvalue weighted by molar-refractivity contribution is -0.141. The van der Waals surface area contributed by atoms with E-state index in [0.717, 1.165) is 0 Å². The highest BCUT2D eigenvalue weighted by atomic mass is 32.1. The number of β-amino-alcohol motifs (C(OH)–C–C–N with tert-alkyl or cyclic N) is 1. The standard InChI is InChI=1S/C10H12N2O4S/c1-5-8(17-4-11-5)9(14)12-3-6(13)2-7(12)10(15)16/h4,6-7,13H,2-3H2,1H3,(H,15,16)/t6-,7-/m0/s1. The molecule has 0 aliphatic carbocycles. The number of aryl methyl sites for hydroxylation is 1. The predicted octanol–water partition coefficient (Wildman–Crippen LogP) is 0.112. The average molecular weight is 256 g/mol. The highest BCUT2D eigenvalue weighted by molar-refractivity contribution is 7.11. The van der Waals surface area contributed by atoms with Gasteiger partial charge in [0.1, 0.15) is 10.9 Å². The molecule has 1 aliphatic rings. The van der Waals surface area contributed by atoms with Crippen molar-refractivity contribution >= 4 is 23.2 Å². The van der Waals surface area contributed by atoms with Crippen LogP contribution in [0.1, 0.15) is 21.8 Å². The summed E-state index contributed by atoms with van der Waals surface area (Å²) >= 11 is 1.18. The Morgan fingerprint density at radius 3 is 2.82 bits per heavy atom. The molecule has 92 valence electrons. The molecule has 2 rings (SSSR count). The van der Waals surface area contributed by atoms with E-state index in [4.69, 9.17) is 5.11 Å². The average Bonchev–Trinajstić information content (AvgIpc) is 2.83. The van der Waals surface area contributed by atoms with Gasteiger partial charge in [0, 0.05) is 13.0 Å². The third-order valence-corrected chi connectivity index (χ3v) is 3.68. The summed E-state index contributed by atoms with van der Waals surface area (Å²) in [6.07, 6.45) is -0.688. The minimum atomic E-state index is -1.09. The van der Waals surface area contributed by atoms with Gasteiger partial charge in [0.15, 0.2) is 0 Å².